The number of aryl methyl sites for hydroxylation is 1. The van der Waals surface area contributed by atoms with Gasteiger partial charge in [0.1, 0.15) is 23.8 Å². The number of aromatic nitrogens is 2. The lowest BCUT2D eigenvalue weighted by Gasteiger charge is -2.08. The van der Waals surface area contributed by atoms with Gasteiger partial charge in [0, 0.05) is 12.1 Å². The fraction of sp³-hybridized carbons (Fsp3) is 0.250. The van der Waals surface area contributed by atoms with Gasteiger partial charge in [-0.1, -0.05) is 12.1 Å². The molecular weight excluding hydrogens is 362 g/mol. The Morgan fingerprint density at radius 2 is 1.74 bits per heavy atom. The van der Waals surface area contributed by atoms with E-state index in [-0.39, 0.29) is 5.91 Å². The monoisotopic (exact) mass is 383 g/mol. The zero-order chi connectivity index (χ0) is 19.1. The summed E-state index contributed by atoms with van der Waals surface area (Å²) in [5, 5.41) is 2.93. The highest BCUT2D eigenvalue weighted by Crippen LogP contribution is 2.15. The molecule has 140 valence electrons. The molecule has 3 rings (SSSR count). The largest absolute Gasteiger partial charge is 0.497 e. The normalized spacial score (nSPS) is 10.4. The van der Waals surface area contributed by atoms with E-state index in [2.05, 4.69) is 14.1 Å². The molecule has 2 aromatic carbocycles. The molecule has 6 nitrogen and oxygen atoms in total. The van der Waals surface area contributed by atoms with Gasteiger partial charge in [-0.15, -0.1) is 0 Å². The maximum Gasteiger partial charge on any atom is 0.251 e. The van der Waals surface area contributed by atoms with Gasteiger partial charge in [0.25, 0.3) is 5.91 Å². The summed E-state index contributed by atoms with van der Waals surface area (Å²) in [4.78, 5) is 12.2. The molecule has 0 radical (unpaired) electrons. The van der Waals surface area contributed by atoms with Crippen molar-refractivity contribution in [3.63, 3.8) is 0 Å². The van der Waals surface area contributed by atoms with Crippen molar-refractivity contribution in [2.45, 2.75) is 20.0 Å². The molecule has 0 bridgehead atoms. The fourth-order valence-corrected chi connectivity index (χ4v) is 3.00. The molecule has 1 aromatic heterocycles. The molecule has 0 atom stereocenters. The number of rotatable bonds is 8. The van der Waals surface area contributed by atoms with Crippen molar-refractivity contribution in [3.05, 3.63) is 71.0 Å². The number of methoxy groups -OCH3 is 1. The van der Waals surface area contributed by atoms with Gasteiger partial charge in [0.2, 0.25) is 0 Å². The van der Waals surface area contributed by atoms with Crippen LogP contribution < -0.4 is 14.8 Å². The Morgan fingerprint density at radius 3 is 2.37 bits per heavy atom. The summed E-state index contributed by atoms with van der Waals surface area (Å²) in [7, 11) is 1.64. The van der Waals surface area contributed by atoms with Crippen molar-refractivity contribution in [1.29, 1.82) is 0 Å². The molecule has 3 aromatic rings. The van der Waals surface area contributed by atoms with E-state index in [4.69, 9.17) is 9.47 Å². The Hall–Kier alpha value is -2.93. The van der Waals surface area contributed by atoms with Crippen molar-refractivity contribution in [3.8, 4) is 11.5 Å². The Kier molecular flexibility index (Phi) is 6.38. The first kappa shape index (κ1) is 18.8. The van der Waals surface area contributed by atoms with Gasteiger partial charge in [0.15, 0.2) is 0 Å². The van der Waals surface area contributed by atoms with Crippen LogP contribution in [0, 0.1) is 6.92 Å². The third-order valence-electron chi connectivity index (χ3n) is 4.10. The summed E-state index contributed by atoms with van der Waals surface area (Å²) < 4.78 is 19.1. The minimum atomic E-state index is -0.102. The van der Waals surface area contributed by atoms with E-state index in [1.54, 1.807) is 31.4 Å². The van der Waals surface area contributed by atoms with Crippen LogP contribution in [0.1, 0.15) is 27.3 Å². The number of carbonyl (C=O) groups excluding carboxylic acids is 1. The van der Waals surface area contributed by atoms with E-state index < -0.39 is 0 Å². The van der Waals surface area contributed by atoms with Gasteiger partial charge < -0.3 is 14.8 Å². The second kappa shape index (κ2) is 9.14. The topological polar surface area (TPSA) is 73.3 Å². The predicted octanol–water partition coefficient (Wildman–Crippen LogP) is 3.41. The zero-order valence-corrected chi connectivity index (χ0v) is 16.1. The Labute approximate surface area is 162 Å². The van der Waals surface area contributed by atoms with Gasteiger partial charge in [0.05, 0.1) is 24.5 Å². The summed E-state index contributed by atoms with van der Waals surface area (Å²) in [5.74, 6) is 1.41. The smallest absolute Gasteiger partial charge is 0.251 e. The SMILES string of the molecule is COc1ccc(CCNC(=O)c2ccc(OCc3nsnc3C)cc2)cc1. The maximum atomic E-state index is 12.2. The summed E-state index contributed by atoms with van der Waals surface area (Å²) in [6.07, 6.45) is 0.762. The van der Waals surface area contributed by atoms with E-state index in [0.717, 1.165) is 29.1 Å². The third-order valence-corrected chi connectivity index (χ3v) is 4.75. The maximum absolute atomic E-state index is 12.2. The number of nitrogens with one attached hydrogen (secondary N) is 1. The first-order valence-electron chi connectivity index (χ1n) is 8.58. The molecule has 1 N–H and O–H groups in total. The second-order valence-electron chi connectivity index (χ2n) is 5.96. The standard InChI is InChI=1S/C20H21N3O3S/c1-14-19(23-27-22-14)13-26-18-9-5-16(6-10-18)20(24)21-12-11-15-3-7-17(25-2)8-4-15/h3-10H,11-13H2,1-2H3,(H,21,24). The average molecular weight is 383 g/mol. The quantitative estimate of drug-likeness (QED) is 0.645. The van der Waals surface area contributed by atoms with Crippen LogP contribution in [-0.2, 0) is 13.0 Å². The number of ether oxygens (including phenoxy) is 2. The van der Waals surface area contributed by atoms with Crippen LogP contribution in [0.3, 0.4) is 0 Å². The molecule has 0 saturated heterocycles. The van der Waals surface area contributed by atoms with Crippen molar-refractivity contribution >= 4 is 17.6 Å². The van der Waals surface area contributed by atoms with Gasteiger partial charge in [-0.05, 0) is 55.3 Å². The van der Waals surface area contributed by atoms with Crippen LogP contribution in [0.15, 0.2) is 48.5 Å². The number of benzene rings is 2. The molecule has 0 spiro atoms. The lowest BCUT2D eigenvalue weighted by atomic mass is 10.1. The summed E-state index contributed by atoms with van der Waals surface area (Å²) >= 11 is 1.18. The number of carbonyl (C=O) groups is 1. The molecule has 27 heavy (non-hydrogen) atoms. The highest BCUT2D eigenvalue weighted by atomic mass is 32.1. The molecule has 0 saturated carbocycles. The summed E-state index contributed by atoms with van der Waals surface area (Å²) in [5.41, 5.74) is 3.46. The average Bonchev–Trinajstić information content (AvgIpc) is 3.12. The first-order valence-corrected chi connectivity index (χ1v) is 9.31. The molecule has 0 unspecified atom stereocenters. The van der Waals surface area contributed by atoms with E-state index in [1.807, 2.05) is 31.2 Å². The molecule has 1 heterocycles. The van der Waals surface area contributed by atoms with E-state index in [1.165, 1.54) is 11.7 Å². The van der Waals surface area contributed by atoms with Crippen LogP contribution in [0.25, 0.3) is 0 Å². The number of hydrogen-bond acceptors (Lipinski definition) is 6. The van der Waals surface area contributed by atoms with Gasteiger partial charge in [-0.2, -0.15) is 8.75 Å². The van der Waals surface area contributed by atoms with Crippen LogP contribution in [0.4, 0.5) is 0 Å². The number of nitrogens with zero attached hydrogens (tertiary/aromatic N) is 2. The minimum Gasteiger partial charge on any atom is -0.497 e. The van der Waals surface area contributed by atoms with Gasteiger partial charge in [-0.3, -0.25) is 4.79 Å². The zero-order valence-electron chi connectivity index (χ0n) is 15.3. The van der Waals surface area contributed by atoms with E-state index in [9.17, 15) is 4.79 Å². The first-order chi connectivity index (χ1) is 13.2. The van der Waals surface area contributed by atoms with Crippen molar-refractivity contribution in [2.24, 2.45) is 0 Å². The molecule has 7 heteroatoms. The molecule has 0 fully saturated rings. The number of hydrogen-bond donors (Lipinski definition) is 1. The van der Waals surface area contributed by atoms with E-state index in [0.29, 0.717) is 24.5 Å². The number of amides is 1. The fourth-order valence-electron chi connectivity index (χ4n) is 2.45. The van der Waals surface area contributed by atoms with Crippen LogP contribution in [-0.4, -0.2) is 28.3 Å². The van der Waals surface area contributed by atoms with Crippen molar-refractivity contribution in [2.75, 3.05) is 13.7 Å². The van der Waals surface area contributed by atoms with Gasteiger partial charge in [-0.25, -0.2) is 0 Å². The molecular formula is C20H21N3O3S. The lowest BCUT2D eigenvalue weighted by molar-refractivity contribution is 0.0954. The molecule has 0 aliphatic heterocycles. The molecule has 0 aliphatic rings. The molecule has 0 aliphatic carbocycles. The molecule has 1 amide bonds. The third kappa shape index (κ3) is 5.27. The van der Waals surface area contributed by atoms with Gasteiger partial charge >= 0.3 is 0 Å². The minimum absolute atomic E-state index is 0.102. The summed E-state index contributed by atoms with van der Waals surface area (Å²) in [6.45, 7) is 2.84. The Balaban J connectivity index is 1.46. The lowest BCUT2D eigenvalue weighted by Crippen LogP contribution is -2.25. The summed E-state index contributed by atoms with van der Waals surface area (Å²) in [6, 6.07) is 14.9. The highest BCUT2D eigenvalue weighted by Gasteiger charge is 2.07. The van der Waals surface area contributed by atoms with Crippen LogP contribution in [0.5, 0.6) is 11.5 Å². The van der Waals surface area contributed by atoms with Crippen molar-refractivity contribution < 1.29 is 14.3 Å². The Bertz CT molecular complexity index is 876. The van der Waals surface area contributed by atoms with Crippen LogP contribution in [0.2, 0.25) is 0 Å². The van der Waals surface area contributed by atoms with E-state index >= 15 is 0 Å². The van der Waals surface area contributed by atoms with Crippen LogP contribution >= 0.6 is 11.7 Å². The second-order valence-corrected chi connectivity index (χ2v) is 6.49. The predicted molar refractivity (Wildman–Crippen MR) is 104 cm³/mol. The van der Waals surface area contributed by atoms with Crippen molar-refractivity contribution in [1.82, 2.24) is 14.1 Å². The Morgan fingerprint density at radius 1 is 1.04 bits per heavy atom. The highest BCUT2D eigenvalue weighted by molar-refractivity contribution is 6.99.